The maximum Gasteiger partial charge on any atom is 0.435 e. The molecule has 0 bridgehead atoms. The van der Waals surface area contributed by atoms with Crippen molar-refractivity contribution in [3.8, 4) is 17.1 Å². The number of fused-ring (bicyclic) bond motifs is 2. The Bertz CT molecular complexity index is 1150. The molecule has 134 valence electrons. The van der Waals surface area contributed by atoms with Gasteiger partial charge in [0, 0.05) is 11.5 Å². The lowest BCUT2D eigenvalue weighted by Crippen LogP contribution is -2.27. The summed E-state index contributed by atoms with van der Waals surface area (Å²) in [5.74, 6) is 0.179. The minimum absolute atomic E-state index is 0.179. The van der Waals surface area contributed by atoms with Crippen LogP contribution in [0.25, 0.3) is 32.5 Å². The first-order valence-corrected chi connectivity index (χ1v) is 9.62. The van der Waals surface area contributed by atoms with Crippen LogP contribution in [-0.2, 0) is 4.74 Å². The van der Waals surface area contributed by atoms with E-state index < -0.39 is 11.7 Å². The number of thiophene rings is 1. The number of phenolic OH excluding ortho intramolecular Hbond substituents is 1. The average molecular weight is 434 g/mol. The summed E-state index contributed by atoms with van der Waals surface area (Å²) in [7, 11) is 0. The molecule has 2 N–H and O–H groups in total. The van der Waals surface area contributed by atoms with Gasteiger partial charge in [0.15, 0.2) is 0 Å². The maximum atomic E-state index is 12.5. The van der Waals surface area contributed by atoms with Gasteiger partial charge in [0.05, 0.1) is 25.9 Å². The molecule has 0 spiro atoms. The van der Waals surface area contributed by atoms with Crippen molar-refractivity contribution in [2.24, 2.45) is 0 Å². The Balaban J connectivity index is 1.90. The fourth-order valence-electron chi connectivity index (χ4n) is 2.77. The molecule has 26 heavy (non-hydrogen) atoms. The highest BCUT2D eigenvalue weighted by atomic mass is 79.9. The Morgan fingerprint density at radius 2 is 2.12 bits per heavy atom. The minimum Gasteiger partial charge on any atom is -0.508 e. The number of halogens is 1. The van der Waals surface area contributed by atoms with Gasteiger partial charge in [-0.05, 0) is 60.3 Å². The molecule has 4 rings (SSSR count). The van der Waals surface area contributed by atoms with Crippen molar-refractivity contribution in [2.75, 3.05) is 0 Å². The van der Waals surface area contributed by atoms with Crippen LogP contribution in [0.3, 0.4) is 0 Å². The molecule has 0 aliphatic rings. The largest absolute Gasteiger partial charge is 0.508 e. The summed E-state index contributed by atoms with van der Waals surface area (Å²) in [6, 6.07) is 6.96. The van der Waals surface area contributed by atoms with E-state index >= 15 is 0 Å². The highest BCUT2D eigenvalue weighted by Gasteiger charge is 2.25. The Morgan fingerprint density at radius 3 is 2.85 bits per heavy atom. The number of H-pyrrole nitrogens is 1. The number of phenols is 1. The highest BCUT2D eigenvalue weighted by Crippen LogP contribution is 2.40. The number of rotatable bonds is 1. The third kappa shape index (κ3) is 2.79. The summed E-state index contributed by atoms with van der Waals surface area (Å²) in [6.07, 6.45) is -0.517. The summed E-state index contributed by atoms with van der Waals surface area (Å²) >= 11 is 5.11. The summed E-state index contributed by atoms with van der Waals surface area (Å²) in [5, 5.41) is 17.1. The van der Waals surface area contributed by atoms with Crippen molar-refractivity contribution in [1.82, 2.24) is 14.8 Å². The summed E-state index contributed by atoms with van der Waals surface area (Å²) in [5.41, 5.74) is 2.28. The van der Waals surface area contributed by atoms with Crippen LogP contribution in [0.5, 0.6) is 5.75 Å². The van der Waals surface area contributed by atoms with E-state index in [0.29, 0.717) is 11.2 Å². The van der Waals surface area contributed by atoms with Gasteiger partial charge in [0.2, 0.25) is 0 Å². The molecule has 6 nitrogen and oxygen atoms in total. The number of aromatic hydroxyl groups is 1. The molecule has 0 saturated carbocycles. The van der Waals surface area contributed by atoms with E-state index in [1.54, 1.807) is 12.1 Å². The van der Waals surface area contributed by atoms with E-state index in [0.717, 1.165) is 25.8 Å². The summed E-state index contributed by atoms with van der Waals surface area (Å²) in [4.78, 5) is 15.8. The molecule has 1 aromatic carbocycles. The number of hydrogen-bond donors (Lipinski definition) is 2. The predicted octanol–water partition coefficient (Wildman–Crippen LogP) is 5.50. The zero-order valence-electron chi connectivity index (χ0n) is 14.3. The Morgan fingerprint density at radius 1 is 1.35 bits per heavy atom. The van der Waals surface area contributed by atoms with E-state index in [4.69, 9.17) is 4.74 Å². The van der Waals surface area contributed by atoms with Gasteiger partial charge in [-0.2, -0.15) is 9.78 Å². The van der Waals surface area contributed by atoms with Gasteiger partial charge >= 0.3 is 6.09 Å². The fourth-order valence-corrected chi connectivity index (χ4v) is 4.26. The van der Waals surface area contributed by atoms with Gasteiger partial charge < -0.3 is 14.8 Å². The molecular formula is C18H16BrN3O3S. The van der Waals surface area contributed by atoms with Gasteiger partial charge in [-0.15, -0.1) is 11.3 Å². The molecule has 3 aromatic heterocycles. The van der Waals surface area contributed by atoms with Crippen LogP contribution in [0.15, 0.2) is 34.1 Å². The lowest BCUT2D eigenvalue weighted by molar-refractivity contribution is 0.0523. The maximum absolute atomic E-state index is 12.5. The first kappa shape index (κ1) is 17.1. The van der Waals surface area contributed by atoms with Gasteiger partial charge in [0.1, 0.15) is 17.0 Å². The molecule has 4 aromatic rings. The van der Waals surface area contributed by atoms with E-state index in [9.17, 15) is 9.90 Å². The Labute approximate surface area is 161 Å². The number of aromatic amines is 1. The molecule has 0 amide bonds. The number of hydrogen-bond acceptors (Lipinski definition) is 5. The van der Waals surface area contributed by atoms with Gasteiger partial charge in [-0.25, -0.2) is 4.79 Å². The number of carbonyl (C=O) groups excluding carboxylic acids is 1. The van der Waals surface area contributed by atoms with E-state index in [-0.39, 0.29) is 5.75 Å². The summed E-state index contributed by atoms with van der Waals surface area (Å²) in [6.45, 7) is 5.46. The van der Waals surface area contributed by atoms with Crippen LogP contribution in [-0.4, -0.2) is 31.6 Å². The molecule has 0 aliphatic carbocycles. The fraction of sp³-hybridized carbons (Fsp3) is 0.222. The van der Waals surface area contributed by atoms with E-state index in [1.807, 2.05) is 38.3 Å². The van der Waals surface area contributed by atoms with Crippen molar-refractivity contribution in [1.29, 1.82) is 0 Å². The second-order valence-electron chi connectivity index (χ2n) is 6.92. The zero-order chi connectivity index (χ0) is 18.6. The van der Waals surface area contributed by atoms with E-state index in [2.05, 4.69) is 26.0 Å². The standard InChI is InChI=1S/C18H16BrN3O3S/c1-18(2,3)25-17(24)22-12-6-7-26-16(12)15(21-22)14-13(19)10-5-4-9(23)8-11(10)20-14/h4-8,20,23H,1-3H3. The molecule has 3 heterocycles. The van der Waals surface area contributed by atoms with Crippen molar-refractivity contribution < 1.29 is 14.6 Å². The van der Waals surface area contributed by atoms with Crippen LogP contribution < -0.4 is 0 Å². The zero-order valence-corrected chi connectivity index (χ0v) is 16.7. The van der Waals surface area contributed by atoms with Crippen molar-refractivity contribution in [2.45, 2.75) is 26.4 Å². The van der Waals surface area contributed by atoms with Gasteiger partial charge in [-0.1, -0.05) is 0 Å². The number of aromatic nitrogens is 3. The number of benzene rings is 1. The predicted molar refractivity (Wildman–Crippen MR) is 106 cm³/mol. The molecule has 0 saturated heterocycles. The second kappa shape index (κ2) is 5.85. The van der Waals surface area contributed by atoms with Crippen LogP contribution in [0.4, 0.5) is 4.79 Å². The first-order valence-electron chi connectivity index (χ1n) is 7.95. The topological polar surface area (TPSA) is 80.1 Å². The highest BCUT2D eigenvalue weighted by molar-refractivity contribution is 9.10. The number of carbonyl (C=O) groups is 1. The number of ether oxygens (including phenoxy) is 1. The minimum atomic E-state index is -0.606. The van der Waals surface area contributed by atoms with Gasteiger partial charge in [0.25, 0.3) is 0 Å². The summed E-state index contributed by atoms with van der Waals surface area (Å²) < 4.78 is 8.47. The van der Waals surface area contributed by atoms with Crippen LogP contribution >= 0.6 is 27.3 Å². The lowest BCUT2D eigenvalue weighted by atomic mass is 10.2. The third-order valence-electron chi connectivity index (χ3n) is 3.81. The molecule has 0 aliphatic heterocycles. The van der Waals surface area contributed by atoms with Crippen LogP contribution in [0.1, 0.15) is 20.8 Å². The number of nitrogens with zero attached hydrogens (tertiary/aromatic N) is 2. The van der Waals surface area contributed by atoms with E-state index in [1.165, 1.54) is 16.0 Å². The smallest absolute Gasteiger partial charge is 0.435 e. The molecule has 8 heteroatoms. The SMILES string of the molecule is CC(C)(C)OC(=O)n1nc(-c2[nH]c3cc(O)ccc3c2Br)c2sccc21. The normalized spacial score (nSPS) is 12.2. The number of nitrogens with one attached hydrogen (secondary N) is 1. The third-order valence-corrected chi connectivity index (χ3v) is 5.54. The van der Waals surface area contributed by atoms with Crippen molar-refractivity contribution in [3.05, 3.63) is 34.1 Å². The Kier molecular flexibility index (Phi) is 3.85. The average Bonchev–Trinajstić information content (AvgIpc) is 3.19. The Hall–Kier alpha value is -2.32. The van der Waals surface area contributed by atoms with Crippen LogP contribution in [0.2, 0.25) is 0 Å². The monoisotopic (exact) mass is 433 g/mol. The van der Waals surface area contributed by atoms with Crippen LogP contribution in [0, 0.1) is 0 Å². The first-order chi connectivity index (χ1) is 12.2. The lowest BCUT2D eigenvalue weighted by Gasteiger charge is -2.18. The quantitative estimate of drug-likeness (QED) is 0.415. The molecule has 0 atom stereocenters. The van der Waals surface area contributed by atoms with Gasteiger partial charge in [-0.3, -0.25) is 0 Å². The molecular weight excluding hydrogens is 418 g/mol. The molecule has 0 fully saturated rings. The molecule has 0 radical (unpaired) electrons. The second-order valence-corrected chi connectivity index (χ2v) is 8.63. The molecule has 0 unspecified atom stereocenters. The van der Waals surface area contributed by atoms with Crippen molar-refractivity contribution in [3.63, 3.8) is 0 Å². The van der Waals surface area contributed by atoms with Crippen molar-refractivity contribution >= 4 is 54.5 Å².